The Bertz CT molecular complexity index is 426. The predicted molar refractivity (Wildman–Crippen MR) is 66.4 cm³/mol. The average molecular weight is 253 g/mol. The normalized spacial score (nSPS) is 12.4. The van der Waals surface area contributed by atoms with Crippen LogP contribution in [0.1, 0.15) is 50.1 Å². The van der Waals surface area contributed by atoms with Crippen molar-refractivity contribution in [3.8, 4) is 0 Å². The average Bonchev–Trinajstić information content (AvgIpc) is 2.77. The van der Waals surface area contributed by atoms with E-state index < -0.39 is 17.9 Å². The number of carboxylic acid groups (broad SMARTS) is 1. The van der Waals surface area contributed by atoms with Crippen LogP contribution in [0.5, 0.6) is 0 Å². The Morgan fingerprint density at radius 3 is 2.61 bits per heavy atom. The monoisotopic (exact) mass is 253 g/mol. The summed E-state index contributed by atoms with van der Waals surface area (Å²) in [5.74, 6) is -1.47. The van der Waals surface area contributed by atoms with Crippen molar-refractivity contribution >= 4 is 11.9 Å². The zero-order valence-corrected chi connectivity index (χ0v) is 10.9. The number of aliphatic carboxylic acids is 1. The first-order chi connectivity index (χ1) is 8.45. The van der Waals surface area contributed by atoms with Crippen molar-refractivity contribution in [3.05, 3.63) is 18.0 Å². The molecule has 1 amide bonds. The van der Waals surface area contributed by atoms with Gasteiger partial charge in [0.15, 0.2) is 0 Å². The fraction of sp³-hybridized carbons (Fsp3) is 0.583. The summed E-state index contributed by atoms with van der Waals surface area (Å²) < 4.78 is 1.66. The van der Waals surface area contributed by atoms with Gasteiger partial charge >= 0.3 is 5.97 Å². The summed E-state index contributed by atoms with van der Waals surface area (Å²) in [6.07, 6.45) is 2.80. The molecule has 0 spiro atoms. The molecule has 6 nitrogen and oxygen atoms in total. The van der Waals surface area contributed by atoms with Gasteiger partial charge in [-0.15, -0.1) is 0 Å². The maximum Gasteiger partial charge on any atom is 0.326 e. The second-order valence-electron chi connectivity index (χ2n) is 4.43. The van der Waals surface area contributed by atoms with Crippen LogP contribution in [0.4, 0.5) is 0 Å². The molecule has 1 atom stereocenters. The third-order valence-electron chi connectivity index (χ3n) is 2.55. The lowest BCUT2D eigenvalue weighted by atomic mass is 10.1. The van der Waals surface area contributed by atoms with Gasteiger partial charge < -0.3 is 10.4 Å². The number of hydrogen-bond donors (Lipinski definition) is 2. The van der Waals surface area contributed by atoms with Crippen molar-refractivity contribution in [2.24, 2.45) is 0 Å². The number of nitrogens with zero attached hydrogens (tertiary/aromatic N) is 2. The van der Waals surface area contributed by atoms with Crippen LogP contribution in [0.3, 0.4) is 0 Å². The van der Waals surface area contributed by atoms with Crippen LogP contribution in [0.15, 0.2) is 12.3 Å². The molecule has 0 aromatic carbocycles. The zero-order valence-electron chi connectivity index (χ0n) is 10.9. The van der Waals surface area contributed by atoms with E-state index in [1.807, 2.05) is 20.8 Å². The van der Waals surface area contributed by atoms with Gasteiger partial charge in [0.05, 0.1) is 0 Å². The lowest BCUT2D eigenvalue weighted by molar-refractivity contribution is -0.139. The Labute approximate surface area is 106 Å². The third kappa shape index (κ3) is 3.58. The zero-order chi connectivity index (χ0) is 13.7. The van der Waals surface area contributed by atoms with E-state index in [1.54, 1.807) is 16.9 Å². The van der Waals surface area contributed by atoms with Crippen LogP contribution in [0.2, 0.25) is 0 Å². The van der Waals surface area contributed by atoms with Gasteiger partial charge in [0, 0.05) is 12.2 Å². The van der Waals surface area contributed by atoms with E-state index in [0.717, 1.165) is 0 Å². The van der Waals surface area contributed by atoms with Crippen molar-refractivity contribution in [3.63, 3.8) is 0 Å². The van der Waals surface area contributed by atoms with Crippen molar-refractivity contribution in [2.45, 2.75) is 45.7 Å². The molecule has 0 radical (unpaired) electrons. The topological polar surface area (TPSA) is 84.2 Å². The standard InChI is InChI=1S/C12H19N3O3/c1-4-5-10(12(17)18)13-11(16)9-6-7-15(14-9)8(2)3/h6-8,10H,4-5H2,1-3H3,(H,13,16)(H,17,18). The first-order valence-electron chi connectivity index (χ1n) is 6.04. The first-order valence-corrected chi connectivity index (χ1v) is 6.04. The molecule has 0 aliphatic heterocycles. The van der Waals surface area contributed by atoms with Crippen LogP contribution in [0, 0.1) is 0 Å². The number of carbonyl (C=O) groups excluding carboxylic acids is 1. The molecule has 0 saturated heterocycles. The van der Waals surface area contributed by atoms with Gasteiger partial charge in [-0.05, 0) is 26.3 Å². The number of rotatable bonds is 6. The second kappa shape index (κ2) is 6.18. The Morgan fingerprint density at radius 1 is 1.50 bits per heavy atom. The highest BCUT2D eigenvalue weighted by atomic mass is 16.4. The van der Waals surface area contributed by atoms with Crippen LogP contribution in [-0.2, 0) is 4.79 Å². The molecule has 0 aliphatic carbocycles. The molecule has 6 heteroatoms. The van der Waals surface area contributed by atoms with E-state index in [0.29, 0.717) is 12.8 Å². The molecule has 1 unspecified atom stereocenters. The van der Waals surface area contributed by atoms with Gasteiger partial charge in [-0.3, -0.25) is 9.48 Å². The number of carbonyl (C=O) groups is 2. The maximum absolute atomic E-state index is 11.8. The molecule has 1 rings (SSSR count). The summed E-state index contributed by atoms with van der Waals surface area (Å²) in [5.41, 5.74) is 0.242. The Kier molecular flexibility index (Phi) is 4.88. The molecule has 18 heavy (non-hydrogen) atoms. The molecular formula is C12H19N3O3. The minimum atomic E-state index is -1.02. The molecule has 0 fully saturated rings. The molecule has 1 aromatic rings. The molecule has 0 aliphatic rings. The highest BCUT2D eigenvalue weighted by Gasteiger charge is 2.20. The Hall–Kier alpha value is -1.85. The largest absolute Gasteiger partial charge is 0.480 e. The molecule has 100 valence electrons. The van der Waals surface area contributed by atoms with Crippen LogP contribution >= 0.6 is 0 Å². The number of hydrogen-bond acceptors (Lipinski definition) is 3. The summed E-state index contributed by atoms with van der Waals surface area (Å²) >= 11 is 0. The lowest BCUT2D eigenvalue weighted by Gasteiger charge is -2.12. The van der Waals surface area contributed by atoms with Gasteiger partial charge in [-0.25, -0.2) is 4.79 Å². The third-order valence-corrected chi connectivity index (χ3v) is 2.55. The van der Waals surface area contributed by atoms with Crippen molar-refractivity contribution < 1.29 is 14.7 Å². The fourth-order valence-corrected chi connectivity index (χ4v) is 1.52. The highest BCUT2D eigenvalue weighted by molar-refractivity contribution is 5.94. The predicted octanol–water partition coefficient (Wildman–Crippen LogP) is 1.45. The van der Waals surface area contributed by atoms with E-state index in [-0.39, 0.29) is 11.7 Å². The van der Waals surface area contributed by atoms with E-state index in [1.165, 1.54) is 0 Å². The Morgan fingerprint density at radius 2 is 2.17 bits per heavy atom. The van der Waals surface area contributed by atoms with Crippen LogP contribution in [0.25, 0.3) is 0 Å². The highest BCUT2D eigenvalue weighted by Crippen LogP contribution is 2.05. The van der Waals surface area contributed by atoms with Crippen molar-refractivity contribution in [1.82, 2.24) is 15.1 Å². The molecule has 1 heterocycles. The van der Waals surface area contributed by atoms with E-state index in [2.05, 4.69) is 10.4 Å². The second-order valence-corrected chi connectivity index (χ2v) is 4.43. The van der Waals surface area contributed by atoms with Gasteiger partial charge in [-0.1, -0.05) is 13.3 Å². The quantitative estimate of drug-likeness (QED) is 0.803. The van der Waals surface area contributed by atoms with E-state index in [9.17, 15) is 9.59 Å². The minimum absolute atomic E-state index is 0.164. The first kappa shape index (κ1) is 14.2. The van der Waals surface area contributed by atoms with E-state index >= 15 is 0 Å². The summed E-state index contributed by atoms with van der Waals surface area (Å²) in [6, 6.07) is 0.893. The van der Waals surface area contributed by atoms with Crippen LogP contribution < -0.4 is 5.32 Å². The molecule has 2 N–H and O–H groups in total. The van der Waals surface area contributed by atoms with Crippen molar-refractivity contribution in [2.75, 3.05) is 0 Å². The Balaban J connectivity index is 2.71. The maximum atomic E-state index is 11.8. The summed E-state index contributed by atoms with van der Waals surface area (Å²) in [5, 5.41) is 15.5. The SMILES string of the molecule is CCCC(NC(=O)c1ccn(C(C)C)n1)C(=O)O. The summed E-state index contributed by atoms with van der Waals surface area (Å²) in [4.78, 5) is 22.7. The van der Waals surface area contributed by atoms with Gasteiger partial charge in [0.25, 0.3) is 5.91 Å². The molecule has 0 saturated carbocycles. The lowest BCUT2D eigenvalue weighted by Crippen LogP contribution is -2.40. The van der Waals surface area contributed by atoms with E-state index in [4.69, 9.17) is 5.11 Å². The molecular weight excluding hydrogens is 234 g/mol. The smallest absolute Gasteiger partial charge is 0.326 e. The number of amides is 1. The summed E-state index contributed by atoms with van der Waals surface area (Å²) in [6.45, 7) is 5.77. The molecule has 1 aromatic heterocycles. The number of nitrogens with one attached hydrogen (secondary N) is 1. The fourth-order valence-electron chi connectivity index (χ4n) is 1.52. The molecule has 0 bridgehead atoms. The van der Waals surface area contributed by atoms with Crippen molar-refractivity contribution in [1.29, 1.82) is 0 Å². The minimum Gasteiger partial charge on any atom is -0.480 e. The van der Waals surface area contributed by atoms with Gasteiger partial charge in [0.1, 0.15) is 11.7 Å². The number of aromatic nitrogens is 2. The van der Waals surface area contributed by atoms with Gasteiger partial charge in [-0.2, -0.15) is 5.10 Å². The number of carboxylic acids is 1. The van der Waals surface area contributed by atoms with Gasteiger partial charge in [0.2, 0.25) is 0 Å². The van der Waals surface area contributed by atoms with Crippen LogP contribution in [-0.4, -0.2) is 32.8 Å². The summed E-state index contributed by atoms with van der Waals surface area (Å²) in [7, 11) is 0.